The minimum atomic E-state index is -0.312. The third kappa shape index (κ3) is 1.91. The number of halogens is 1. The monoisotopic (exact) mass is 155 g/mol. The lowest BCUT2D eigenvalue weighted by Gasteiger charge is -2.00. The largest absolute Gasteiger partial charge is 0.508 e. The van der Waals surface area contributed by atoms with Gasteiger partial charge in [0.1, 0.15) is 11.6 Å². The van der Waals surface area contributed by atoms with Crippen LogP contribution < -0.4 is 5.73 Å². The van der Waals surface area contributed by atoms with Crippen LogP contribution in [0.2, 0.25) is 0 Å². The average Bonchev–Trinajstić information content (AvgIpc) is 1.98. The maximum Gasteiger partial charge on any atom is 0.126 e. The fourth-order valence-corrected chi connectivity index (χ4v) is 0.908. The first kappa shape index (κ1) is 8.01. The summed E-state index contributed by atoms with van der Waals surface area (Å²) in [6.45, 7) is 0.389. The Morgan fingerprint density at radius 1 is 1.45 bits per heavy atom. The molecular weight excluding hydrogens is 145 g/mol. The fraction of sp³-hybridized carbons (Fsp3) is 0.250. The first-order chi connectivity index (χ1) is 5.24. The van der Waals surface area contributed by atoms with Crippen LogP contribution in [-0.4, -0.2) is 11.7 Å². The zero-order valence-corrected chi connectivity index (χ0v) is 6.05. The van der Waals surface area contributed by atoms with Crippen molar-refractivity contribution in [3.8, 4) is 5.75 Å². The van der Waals surface area contributed by atoms with E-state index in [9.17, 15) is 4.39 Å². The van der Waals surface area contributed by atoms with Crippen molar-refractivity contribution in [3.05, 3.63) is 29.6 Å². The summed E-state index contributed by atoms with van der Waals surface area (Å²) in [5.41, 5.74) is 5.70. The fourth-order valence-electron chi connectivity index (χ4n) is 0.908. The van der Waals surface area contributed by atoms with Crippen LogP contribution in [0.1, 0.15) is 5.56 Å². The van der Waals surface area contributed by atoms with Gasteiger partial charge in [-0.1, -0.05) is 0 Å². The average molecular weight is 155 g/mol. The highest BCUT2D eigenvalue weighted by Crippen LogP contribution is 2.14. The van der Waals surface area contributed by atoms with Crippen LogP contribution in [-0.2, 0) is 6.42 Å². The van der Waals surface area contributed by atoms with E-state index >= 15 is 0 Å². The molecule has 0 amide bonds. The molecule has 0 aliphatic rings. The predicted octanol–water partition coefficient (Wildman–Crippen LogP) is 1.03. The number of phenolic OH excluding ortho intramolecular Hbond substituents is 1. The van der Waals surface area contributed by atoms with Crippen molar-refractivity contribution < 1.29 is 9.50 Å². The Kier molecular flexibility index (Phi) is 2.44. The summed E-state index contributed by atoms with van der Waals surface area (Å²) < 4.78 is 12.8. The zero-order valence-electron chi connectivity index (χ0n) is 6.05. The molecule has 2 nitrogen and oxygen atoms in total. The molecule has 0 heterocycles. The zero-order chi connectivity index (χ0) is 8.27. The maximum absolute atomic E-state index is 12.8. The number of hydrogen-bond acceptors (Lipinski definition) is 2. The number of rotatable bonds is 2. The second kappa shape index (κ2) is 3.34. The highest BCUT2D eigenvalue weighted by Gasteiger charge is 2.00. The quantitative estimate of drug-likeness (QED) is 0.670. The number of benzene rings is 1. The molecule has 0 fully saturated rings. The topological polar surface area (TPSA) is 46.2 Å². The van der Waals surface area contributed by atoms with E-state index in [2.05, 4.69) is 0 Å². The molecule has 0 saturated heterocycles. The van der Waals surface area contributed by atoms with Crippen LogP contribution in [0.15, 0.2) is 18.2 Å². The van der Waals surface area contributed by atoms with Gasteiger partial charge in [0.2, 0.25) is 0 Å². The molecule has 0 unspecified atom stereocenters. The van der Waals surface area contributed by atoms with Crippen LogP contribution in [0.5, 0.6) is 5.75 Å². The molecule has 60 valence electrons. The standard InChI is InChI=1S/C8H10FNO/c9-8-2-1-7(11)5-6(8)3-4-10/h1-2,5,11H,3-4,10H2. The van der Waals surface area contributed by atoms with Crippen molar-refractivity contribution in [1.29, 1.82) is 0 Å². The molecule has 0 spiro atoms. The number of aromatic hydroxyl groups is 1. The molecule has 0 aliphatic heterocycles. The second-order valence-corrected chi connectivity index (χ2v) is 2.31. The van der Waals surface area contributed by atoms with Gasteiger partial charge >= 0.3 is 0 Å². The van der Waals surface area contributed by atoms with Crippen molar-refractivity contribution in [3.63, 3.8) is 0 Å². The summed E-state index contributed by atoms with van der Waals surface area (Å²) >= 11 is 0. The molecule has 0 aromatic heterocycles. The Balaban J connectivity index is 2.93. The Hall–Kier alpha value is -1.09. The molecule has 3 N–H and O–H groups in total. The third-order valence-corrected chi connectivity index (χ3v) is 1.44. The minimum absolute atomic E-state index is 0.0786. The van der Waals surface area contributed by atoms with Gasteiger partial charge in [-0.05, 0) is 36.7 Å². The summed E-state index contributed by atoms with van der Waals surface area (Å²) in [6.07, 6.45) is 0.459. The highest BCUT2D eigenvalue weighted by atomic mass is 19.1. The van der Waals surface area contributed by atoms with Gasteiger partial charge < -0.3 is 10.8 Å². The number of phenols is 1. The van der Waals surface area contributed by atoms with Gasteiger partial charge in [-0.2, -0.15) is 0 Å². The highest BCUT2D eigenvalue weighted by molar-refractivity contribution is 5.28. The van der Waals surface area contributed by atoms with Crippen molar-refractivity contribution in [2.24, 2.45) is 5.73 Å². The van der Waals surface area contributed by atoms with Crippen molar-refractivity contribution in [1.82, 2.24) is 0 Å². The van der Waals surface area contributed by atoms with Crippen LogP contribution >= 0.6 is 0 Å². The van der Waals surface area contributed by atoms with Gasteiger partial charge in [0, 0.05) is 0 Å². The lowest BCUT2D eigenvalue weighted by atomic mass is 10.1. The molecule has 0 bridgehead atoms. The summed E-state index contributed by atoms with van der Waals surface area (Å²) in [6, 6.07) is 3.94. The second-order valence-electron chi connectivity index (χ2n) is 2.31. The summed E-state index contributed by atoms with van der Waals surface area (Å²) in [4.78, 5) is 0. The molecule has 3 heteroatoms. The number of hydrogen-bond donors (Lipinski definition) is 2. The first-order valence-electron chi connectivity index (χ1n) is 3.41. The first-order valence-corrected chi connectivity index (χ1v) is 3.41. The summed E-state index contributed by atoms with van der Waals surface area (Å²) in [5, 5.41) is 8.96. The van der Waals surface area contributed by atoms with Gasteiger partial charge in [-0.3, -0.25) is 0 Å². The van der Waals surface area contributed by atoms with Gasteiger partial charge in [-0.15, -0.1) is 0 Å². The van der Waals surface area contributed by atoms with Gasteiger partial charge in [0.05, 0.1) is 0 Å². The molecule has 0 radical (unpaired) electrons. The molecule has 1 aromatic carbocycles. The molecule has 11 heavy (non-hydrogen) atoms. The van der Waals surface area contributed by atoms with Gasteiger partial charge in [0.15, 0.2) is 0 Å². The molecule has 0 aliphatic carbocycles. The van der Waals surface area contributed by atoms with E-state index in [-0.39, 0.29) is 11.6 Å². The minimum Gasteiger partial charge on any atom is -0.508 e. The van der Waals surface area contributed by atoms with Crippen molar-refractivity contribution in [2.45, 2.75) is 6.42 Å². The third-order valence-electron chi connectivity index (χ3n) is 1.44. The summed E-state index contributed by atoms with van der Waals surface area (Å²) in [5.74, 6) is -0.233. The summed E-state index contributed by atoms with van der Waals surface area (Å²) in [7, 11) is 0. The van der Waals surface area contributed by atoms with E-state index in [0.29, 0.717) is 18.5 Å². The normalized spacial score (nSPS) is 10.0. The molecular formula is C8H10FNO. The van der Waals surface area contributed by atoms with Crippen LogP contribution in [0.25, 0.3) is 0 Å². The Labute approximate surface area is 64.5 Å². The number of nitrogens with two attached hydrogens (primary N) is 1. The lowest BCUT2D eigenvalue weighted by molar-refractivity contribution is 0.471. The van der Waals surface area contributed by atoms with Crippen LogP contribution in [0.4, 0.5) is 4.39 Å². The van der Waals surface area contributed by atoms with Gasteiger partial charge in [0.25, 0.3) is 0 Å². The van der Waals surface area contributed by atoms with Gasteiger partial charge in [-0.25, -0.2) is 4.39 Å². The smallest absolute Gasteiger partial charge is 0.126 e. The lowest BCUT2D eigenvalue weighted by Crippen LogP contribution is -2.04. The Bertz CT molecular complexity index is 250. The SMILES string of the molecule is NCCc1cc(O)ccc1F. The van der Waals surface area contributed by atoms with E-state index in [1.807, 2.05) is 0 Å². The molecule has 1 rings (SSSR count). The Morgan fingerprint density at radius 2 is 2.18 bits per heavy atom. The molecule has 1 aromatic rings. The van der Waals surface area contributed by atoms with E-state index in [1.54, 1.807) is 0 Å². The molecule has 0 atom stereocenters. The maximum atomic E-state index is 12.8. The van der Waals surface area contributed by atoms with E-state index in [4.69, 9.17) is 10.8 Å². The van der Waals surface area contributed by atoms with E-state index < -0.39 is 0 Å². The van der Waals surface area contributed by atoms with E-state index in [1.165, 1.54) is 18.2 Å². The van der Waals surface area contributed by atoms with Crippen LogP contribution in [0.3, 0.4) is 0 Å². The molecule has 0 saturated carbocycles. The van der Waals surface area contributed by atoms with Crippen molar-refractivity contribution >= 4 is 0 Å². The van der Waals surface area contributed by atoms with Crippen LogP contribution in [0, 0.1) is 5.82 Å². The predicted molar refractivity (Wildman–Crippen MR) is 40.8 cm³/mol. The van der Waals surface area contributed by atoms with Crippen molar-refractivity contribution in [2.75, 3.05) is 6.54 Å². The van der Waals surface area contributed by atoms with E-state index in [0.717, 1.165) is 0 Å². The Morgan fingerprint density at radius 3 is 2.82 bits per heavy atom.